The third-order valence-corrected chi connectivity index (χ3v) is 7.72. The Kier molecular flexibility index (Phi) is 8.07. The first-order chi connectivity index (χ1) is 15.0. The molecule has 0 spiro atoms. The predicted octanol–water partition coefficient (Wildman–Crippen LogP) is 7.95. The Bertz CT molecular complexity index is 927. The molecular formula is C26H32I2O3. The molecule has 2 bridgehead atoms. The molecule has 0 N–H and O–H groups in total. The van der Waals surface area contributed by atoms with Crippen LogP contribution in [0.25, 0.3) is 0 Å². The van der Waals surface area contributed by atoms with E-state index in [9.17, 15) is 0 Å². The smallest absolute Gasteiger partial charge is 0.233 e. The van der Waals surface area contributed by atoms with Gasteiger partial charge in [0.25, 0.3) is 0 Å². The van der Waals surface area contributed by atoms with E-state index >= 15 is 0 Å². The van der Waals surface area contributed by atoms with E-state index in [2.05, 4.69) is 90.2 Å². The van der Waals surface area contributed by atoms with Crippen molar-refractivity contribution in [3.63, 3.8) is 0 Å². The number of alkyl halides is 2. The molecule has 4 rings (SSSR count). The molecular weight excluding hydrogens is 614 g/mol. The summed E-state index contributed by atoms with van der Waals surface area (Å²) in [6.45, 7) is 6.63. The van der Waals surface area contributed by atoms with Gasteiger partial charge in [-0.25, -0.2) is 0 Å². The van der Waals surface area contributed by atoms with Crippen molar-refractivity contribution in [3.05, 3.63) is 57.6 Å². The molecule has 2 aliphatic rings. The molecule has 0 saturated heterocycles. The maximum Gasteiger partial charge on any atom is 0.233 e. The highest BCUT2D eigenvalue weighted by Crippen LogP contribution is 2.50. The van der Waals surface area contributed by atoms with Crippen LogP contribution in [-0.4, -0.2) is 8.86 Å². The molecule has 2 heterocycles. The van der Waals surface area contributed by atoms with Crippen LogP contribution in [0, 0.1) is 19.8 Å². The number of benzene rings is 2. The van der Waals surface area contributed by atoms with Crippen molar-refractivity contribution in [1.29, 1.82) is 0 Å². The number of aryl methyl sites for hydroxylation is 3. The molecule has 2 aromatic carbocycles. The van der Waals surface area contributed by atoms with Crippen molar-refractivity contribution in [2.45, 2.75) is 71.9 Å². The van der Waals surface area contributed by atoms with Gasteiger partial charge in [-0.2, -0.15) is 0 Å². The zero-order valence-electron chi connectivity index (χ0n) is 18.7. The zero-order valence-corrected chi connectivity index (χ0v) is 23.0. The molecule has 2 aromatic rings. The predicted molar refractivity (Wildman–Crippen MR) is 143 cm³/mol. The van der Waals surface area contributed by atoms with Crippen molar-refractivity contribution < 1.29 is 14.2 Å². The lowest BCUT2D eigenvalue weighted by atomic mass is 9.93. The third kappa shape index (κ3) is 5.35. The average molecular weight is 646 g/mol. The number of halogens is 2. The van der Waals surface area contributed by atoms with E-state index in [1.165, 1.54) is 56.8 Å². The van der Waals surface area contributed by atoms with Crippen LogP contribution in [0.1, 0.15) is 78.6 Å². The summed E-state index contributed by atoms with van der Waals surface area (Å²) in [6.07, 6.45) is 6.38. The Labute approximate surface area is 213 Å². The highest BCUT2D eigenvalue weighted by atomic mass is 127. The lowest BCUT2D eigenvalue weighted by Crippen LogP contribution is -2.31. The van der Waals surface area contributed by atoms with Gasteiger partial charge >= 0.3 is 0 Å². The SMILES string of the molecule is Cc1cc(CCCCI)cc2c1OC1OC2Oc2c(C)cc(CC(C)CCCI)cc21. The van der Waals surface area contributed by atoms with Gasteiger partial charge in [-0.3, -0.25) is 4.74 Å². The average Bonchev–Trinajstić information content (AvgIpc) is 2.74. The number of hydrogen-bond acceptors (Lipinski definition) is 3. The molecule has 31 heavy (non-hydrogen) atoms. The standard InChI is InChI=1S/C26H32I2O3/c1-16(7-6-10-28)11-20-13-18(3)24-22(15-20)26-29-23-17(2)12-19(8-4-5-9-27)14-21(23)25(30-24)31-26/h12-16,25-26H,4-11H2,1-3H3. The van der Waals surface area contributed by atoms with Gasteiger partial charge in [0.2, 0.25) is 12.6 Å². The highest BCUT2D eigenvalue weighted by molar-refractivity contribution is 14.1. The van der Waals surface area contributed by atoms with Crippen LogP contribution in [0.3, 0.4) is 0 Å². The normalized spacial score (nSPS) is 19.8. The maximum atomic E-state index is 6.42. The Hall–Kier alpha value is -0.540. The van der Waals surface area contributed by atoms with Gasteiger partial charge < -0.3 is 9.47 Å². The van der Waals surface area contributed by atoms with Crippen LogP contribution >= 0.6 is 45.2 Å². The fourth-order valence-electron chi connectivity index (χ4n) is 4.70. The van der Waals surface area contributed by atoms with E-state index in [0.29, 0.717) is 5.92 Å². The fourth-order valence-corrected chi connectivity index (χ4v) is 5.68. The topological polar surface area (TPSA) is 27.7 Å². The molecule has 3 unspecified atom stereocenters. The minimum atomic E-state index is -0.395. The molecule has 5 heteroatoms. The van der Waals surface area contributed by atoms with Crippen molar-refractivity contribution in [1.82, 2.24) is 0 Å². The monoisotopic (exact) mass is 646 g/mol. The van der Waals surface area contributed by atoms with Crippen molar-refractivity contribution in [3.8, 4) is 11.5 Å². The van der Waals surface area contributed by atoms with Gasteiger partial charge in [-0.1, -0.05) is 64.2 Å². The summed E-state index contributed by atoms with van der Waals surface area (Å²) < 4.78 is 21.5. The Morgan fingerprint density at radius 1 is 0.806 bits per heavy atom. The largest absolute Gasteiger partial charge is 0.459 e. The van der Waals surface area contributed by atoms with E-state index in [1.807, 2.05) is 0 Å². The highest BCUT2D eigenvalue weighted by Gasteiger charge is 2.39. The molecule has 0 fully saturated rings. The van der Waals surface area contributed by atoms with Crippen LogP contribution < -0.4 is 9.47 Å². The van der Waals surface area contributed by atoms with E-state index in [-0.39, 0.29) is 0 Å². The van der Waals surface area contributed by atoms with E-state index in [4.69, 9.17) is 14.2 Å². The van der Waals surface area contributed by atoms with Crippen LogP contribution in [0.15, 0.2) is 24.3 Å². The summed E-state index contributed by atoms with van der Waals surface area (Å²) in [5, 5.41) is 0. The minimum absolute atomic E-state index is 0.392. The van der Waals surface area contributed by atoms with Crippen molar-refractivity contribution in [2.24, 2.45) is 5.92 Å². The minimum Gasteiger partial charge on any atom is -0.459 e. The number of ether oxygens (including phenoxy) is 3. The number of fused-ring (bicyclic) bond motifs is 6. The van der Waals surface area contributed by atoms with Crippen LogP contribution in [0.4, 0.5) is 0 Å². The summed E-state index contributed by atoms with van der Waals surface area (Å²) in [7, 11) is 0. The lowest BCUT2D eigenvalue weighted by molar-refractivity contribution is -0.228. The van der Waals surface area contributed by atoms with Crippen molar-refractivity contribution >= 4 is 45.2 Å². The zero-order chi connectivity index (χ0) is 22.0. The Morgan fingerprint density at radius 3 is 2.00 bits per heavy atom. The van der Waals surface area contributed by atoms with Gasteiger partial charge in [0.1, 0.15) is 11.5 Å². The summed E-state index contributed by atoms with van der Waals surface area (Å²) in [5.41, 5.74) is 7.10. The van der Waals surface area contributed by atoms with Gasteiger partial charge in [0, 0.05) is 0 Å². The third-order valence-electron chi connectivity index (χ3n) is 6.19. The first-order valence-corrected chi connectivity index (χ1v) is 14.4. The van der Waals surface area contributed by atoms with Gasteiger partial charge in [-0.15, -0.1) is 0 Å². The van der Waals surface area contributed by atoms with Crippen molar-refractivity contribution in [2.75, 3.05) is 8.86 Å². The molecule has 0 radical (unpaired) electrons. The summed E-state index contributed by atoms with van der Waals surface area (Å²) >= 11 is 4.91. The van der Waals surface area contributed by atoms with Gasteiger partial charge in [-0.05, 0) is 102 Å². The summed E-state index contributed by atoms with van der Waals surface area (Å²) in [5.74, 6) is 2.54. The molecule has 0 aromatic heterocycles. The molecule has 0 amide bonds. The molecule has 3 nitrogen and oxygen atoms in total. The Morgan fingerprint density at radius 2 is 1.39 bits per heavy atom. The first-order valence-electron chi connectivity index (χ1n) is 11.4. The molecule has 168 valence electrons. The van der Waals surface area contributed by atoms with Crippen LogP contribution in [0.2, 0.25) is 0 Å². The first kappa shape index (κ1) is 23.6. The second-order valence-corrected chi connectivity index (χ2v) is 11.1. The van der Waals surface area contributed by atoms with Gasteiger partial charge in [0.05, 0.1) is 11.1 Å². The number of hydrogen-bond donors (Lipinski definition) is 0. The lowest BCUT2D eigenvalue weighted by Gasteiger charge is -2.39. The Balaban J connectivity index is 1.58. The summed E-state index contributed by atoms with van der Waals surface area (Å²) in [6, 6.07) is 9.01. The molecule has 0 saturated carbocycles. The molecule has 0 aliphatic carbocycles. The second kappa shape index (κ2) is 10.6. The number of rotatable bonds is 9. The van der Waals surface area contributed by atoms with Crippen LogP contribution in [0.5, 0.6) is 11.5 Å². The van der Waals surface area contributed by atoms with Gasteiger partial charge in [0.15, 0.2) is 0 Å². The second-order valence-electron chi connectivity index (χ2n) is 8.98. The quantitative estimate of drug-likeness (QED) is 0.157. The van der Waals surface area contributed by atoms with E-state index in [0.717, 1.165) is 35.5 Å². The number of unbranched alkanes of at least 4 members (excludes halogenated alkanes) is 1. The maximum absolute atomic E-state index is 6.42. The van der Waals surface area contributed by atoms with E-state index < -0.39 is 12.6 Å². The summed E-state index contributed by atoms with van der Waals surface area (Å²) in [4.78, 5) is 0. The fraction of sp³-hybridized carbons (Fsp3) is 0.538. The van der Waals surface area contributed by atoms with Crippen LogP contribution in [-0.2, 0) is 17.6 Å². The molecule has 2 aliphatic heterocycles. The van der Waals surface area contributed by atoms with E-state index in [1.54, 1.807) is 0 Å². The molecule has 3 atom stereocenters.